The van der Waals surface area contributed by atoms with E-state index in [1.165, 1.54) is 17.0 Å². The van der Waals surface area contributed by atoms with Crippen molar-refractivity contribution in [1.82, 2.24) is 4.90 Å². The SMILES string of the molecule is CC1CN(c2cccc(Cl)c2)C(=O)CN1C(=O)c1ccc(Cl)cc1F. The van der Waals surface area contributed by atoms with E-state index in [1.807, 2.05) is 6.92 Å². The zero-order valence-corrected chi connectivity index (χ0v) is 14.9. The molecular weight excluding hydrogens is 366 g/mol. The van der Waals surface area contributed by atoms with E-state index < -0.39 is 11.7 Å². The molecule has 1 aliphatic heterocycles. The normalized spacial score (nSPS) is 17.8. The molecule has 0 spiro atoms. The van der Waals surface area contributed by atoms with Gasteiger partial charge < -0.3 is 9.80 Å². The predicted molar refractivity (Wildman–Crippen MR) is 95.7 cm³/mol. The number of rotatable bonds is 2. The van der Waals surface area contributed by atoms with Crippen molar-refractivity contribution in [3.63, 3.8) is 0 Å². The molecule has 0 saturated carbocycles. The third kappa shape index (κ3) is 3.62. The van der Waals surface area contributed by atoms with Crippen molar-refractivity contribution < 1.29 is 14.0 Å². The highest BCUT2D eigenvalue weighted by atomic mass is 35.5. The van der Waals surface area contributed by atoms with Gasteiger partial charge in [0, 0.05) is 28.3 Å². The van der Waals surface area contributed by atoms with E-state index in [0.717, 1.165) is 6.07 Å². The number of halogens is 3. The first-order chi connectivity index (χ1) is 11.9. The highest BCUT2D eigenvalue weighted by Gasteiger charge is 2.34. The molecule has 0 aromatic heterocycles. The number of amides is 2. The van der Waals surface area contributed by atoms with Crippen LogP contribution in [-0.2, 0) is 4.79 Å². The average molecular weight is 381 g/mol. The standard InChI is InChI=1S/C18H15Cl2FN2O2/c1-11-9-23(14-4-2-3-12(19)7-14)17(24)10-22(11)18(25)15-6-5-13(20)8-16(15)21/h2-8,11H,9-10H2,1H3. The Hall–Kier alpha value is -2.11. The summed E-state index contributed by atoms with van der Waals surface area (Å²) < 4.78 is 14.0. The zero-order chi connectivity index (χ0) is 18.1. The smallest absolute Gasteiger partial charge is 0.257 e. The Labute approximate surface area is 154 Å². The van der Waals surface area contributed by atoms with Gasteiger partial charge in [0.1, 0.15) is 12.4 Å². The molecule has 1 aliphatic rings. The maximum atomic E-state index is 14.0. The first-order valence-corrected chi connectivity index (χ1v) is 8.44. The van der Waals surface area contributed by atoms with Gasteiger partial charge in [-0.05, 0) is 43.3 Å². The quantitative estimate of drug-likeness (QED) is 0.789. The van der Waals surface area contributed by atoms with E-state index in [4.69, 9.17) is 23.2 Å². The molecule has 4 nitrogen and oxygen atoms in total. The van der Waals surface area contributed by atoms with E-state index in [1.54, 1.807) is 29.2 Å². The summed E-state index contributed by atoms with van der Waals surface area (Å²) in [7, 11) is 0. The number of hydrogen-bond acceptors (Lipinski definition) is 2. The van der Waals surface area contributed by atoms with Crippen LogP contribution in [-0.4, -0.2) is 35.8 Å². The lowest BCUT2D eigenvalue weighted by Gasteiger charge is -2.39. The van der Waals surface area contributed by atoms with Gasteiger partial charge in [-0.15, -0.1) is 0 Å². The molecule has 25 heavy (non-hydrogen) atoms. The van der Waals surface area contributed by atoms with Crippen LogP contribution in [0.1, 0.15) is 17.3 Å². The maximum absolute atomic E-state index is 14.0. The third-order valence-electron chi connectivity index (χ3n) is 4.13. The molecule has 3 rings (SSSR count). The molecule has 1 fully saturated rings. The van der Waals surface area contributed by atoms with Crippen LogP contribution in [0, 0.1) is 5.82 Å². The molecule has 2 aromatic rings. The minimum Gasteiger partial charge on any atom is -0.325 e. The first kappa shape index (κ1) is 17.7. The lowest BCUT2D eigenvalue weighted by atomic mass is 10.1. The maximum Gasteiger partial charge on any atom is 0.257 e. The highest BCUT2D eigenvalue weighted by Crippen LogP contribution is 2.25. The van der Waals surface area contributed by atoms with Gasteiger partial charge in [0.25, 0.3) is 5.91 Å². The first-order valence-electron chi connectivity index (χ1n) is 7.69. The second kappa shape index (κ2) is 7.02. The van der Waals surface area contributed by atoms with Gasteiger partial charge in [-0.25, -0.2) is 4.39 Å². The largest absolute Gasteiger partial charge is 0.325 e. The second-order valence-electron chi connectivity index (χ2n) is 5.89. The summed E-state index contributed by atoms with van der Waals surface area (Å²) in [4.78, 5) is 28.1. The highest BCUT2D eigenvalue weighted by molar-refractivity contribution is 6.31. The Balaban J connectivity index is 1.82. The minimum absolute atomic E-state index is 0.0970. The van der Waals surface area contributed by atoms with Gasteiger partial charge >= 0.3 is 0 Å². The van der Waals surface area contributed by atoms with Crippen molar-refractivity contribution in [2.24, 2.45) is 0 Å². The Morgan fingerprint density at radius 1 is 1.16 bits per heavy atom. The van der Waals surface area contributed by atoms with Crippen molar-refractivity contribution in [3.8, 4) is 0 Å². The number of piperazine rings is 1. The zero-order valence-electron chi connectivity index (χ0n) is 13.4. The molecule has 1 unspecified atom stereocenters. The van der Waals surface area contributed by atoms with Crippen molar-refractivity contribution in [3.05, 3.63) is 63.9 Å². The second-order valence-corrected chi connectivity index (χ2v) is 6.76. The van der Waals surface area contributed by atoms with E-state index >= 15 is 0 Å². The molecule has 2 amide bonds. The molecule has 1 atom stereocenters. The van der Waals surface area contributed by atoms with Gasteiger partial charge in [-0.1, -0.05) is 29.3 Å². The predicted octanol–water partition coefficient (Wildman–Crippen LogP) is 4.01. The Morgan fingerprint density at radius 2 is 1.88 bits per heavy atom. The van der Waals surface area contributed by atoms with Gasteiger partial charge in [0.05, 0.1) is 5.56 Å². The molecule has 1 saturated heterocycles. The molecule has 1 heterocycles. The third-order valence-corrected chi connectivity index (χ3v) is 4.60. The summed E-state index contributed by atoms with van der Waals surface area (Å²) >= 11 is 11.7. The molecule has 0 N–H and O–H groups in total. The number of nitrogens with zero attached hydrogens (tertiary/aromatic N) is 2. The van der Waals surface area contributed by atoms with Gasteiger partial charge in [0.15, 0.2) is 0 Å². The fraction of sp³-hybridized carbons (Fsp3) is 0.222. The lowest BCUT2D eigenvalue weighted by Crippen LogP contribution is -2.57. The summed E-state index contributed by atoms with van der Waals surface area (Å²) in [6.07, 6.45) is 0. The molecular formula is C18H15Cl2FN2O2. The Bertz CT molecular complexity index is 844. The summed E-state index contributed by atoms with van der Waals surface area (Å²) in [5.74, 6) is -1.47. The molecule has 130 valence electrons. The minimum atomic E-state index is -0.700. The molecule has 7 heteroatoms. The monoisotopic (exact) mass is 380 g/mol. The number of carbonyl (C=O) groups is 2. The number of benzene rings is 2. The fourth-order valence-corrected chi connectivity index (χ4v) is 3.18. The Morgan fingerprint density at radius 3 is 2.56 bits per heavy atom. The summed E-state index contributed by atoms with van der Waals surface area (Å²) in [5, 5.41) is 0.739. The molecule has 0 aliphatic carbocycles. The van der Waals surface area contributed by atoms with Crippen molar-refractivity contribution in [1.29, 1.82) is 0 Å². The van der Waals surface area contributed by atoms with Crippen LogP contribution >= 0.6 is 23.2 Å². The lowest BCUT2D eigenvalue weighted by molar-refractivity contribution is -0.121. The van der Waals surface area contributed by atoms with E-state index in [0.29, 0.717) is 17.3 Å². The van der Waals surface area contributed by atoms with Crippen molar-refractivity contribution in [2.75, 3.05) is 18.0 Å². The summed E-state index contributed by atoms with van der Waals surface area (Å²) in [6.45, 7) is 1.99. The number of carbonyl (C=O) groups excluding carboxylic acids is 2. The van der Waals surface area contributed by atoms with Crippen LogP contribution in [0.4, 0.5) is 10.1 Å². The van der Waals surface area contributed by atoms with E-state index in [2.05, 4.69) is 0 Å². The van der Waals surface area contributed by atoms with Crippen molar-refractivity contribution >= 4 is 40.7 Å². The van der Waals surface area contributed by atoms with E-state index in [9.17, 15) is 14.0 Å². The molecule has 0 radical (unpaired) electrons. The average Bonchev–Trinajstić information content (AvgIpc) is 2.56. The van der Waals surface area contributed by atoms with Gasteiger partial charge in [-0.2, -0.15) is 0 Å². The van der Waals surface area contributed by atoms with Crippen LogP contribution in [0.15, 0.2) is 42.5 Å². The van der Waals surface area contributed by atoms with Crippen LogP contribution in [0.2, 0.25) is 10.0 Å². The van der Waals surface area contributed by atoms with Crippen molar-refractivity contribution in [2.45, 2.75) is 13.0 Å². The molecule has 2 aromatic carbocycles. The molecule has 0 bridgehead atoms. The topological polar surface area (TPSA) is 40.6 Å². The summed E-state index contributed by atoms with van der Waals surface area (Å²) in [5.41, 5.74) is 0.578. The van der Waals surface area contributed by atoms with Gasteiger partial charge in [0.2, 0.25) is 5.91 Å². The van der Waals surface area contributed by atoms with Gasteiger partial charge in [-0.3, -0.25) is 9.59 Å². The van der Waals surface area contributed by atoms with Crippen LogP contribution < -0.4 is 4.90 Å². The van der Waals surface area contributed by atoms with Crippen LogP contribution in [0.3, 0.4) is 0 Å². The van der Waals surface area contributed by atoms with Crippen LogP contribution in [0.25, 0.3) is 0 Å². The number of anilines is 1. The summed E-state index contributed by atoms with van der Waals surface area (Å²) in [6, 6.07) is 10.6. The Kier molecular flexibility index (Phi) is 4.97. The van der Waals surface area contributed by atoms with Crippen LogP contribution in [0.5, 0.6) is 0 Å². The fourth-order valence-electron chi connectivity index (χ4n) is 2.83. The van der Waals surface area contributed by atoms with E-state index in [-0.39, 0.29) is 29.1 Å². The number of hydrogen-bond donors (Lipinski definition) is 0.